The molecule has 0 aliphatic carbocycles. The Hall–Kier alpha value is -1.58. The summed E-state index contributed by atoms with van der Waals surface area (Å²) in [6.45, 7) is 4.77. The van der Waals surface area contributed by atoms with Gasteiger partial charge in [-0.1, -0.05) is 13.8 Å². The highest BCUT2D eigenvalue weighted by molar-refractivity contribution is 5.98. The van der Waals surface area contributed by atoms with Crippen molar-refractivity contribution in [1.82, 2.24) is 5.32 Å². The van der Waals surface area contributed by atoms with Gasteiger partial charge in [0.2, 0.25) is 0 Å². The third-order valence-corrected chi connectivity index (χ3v) is 3.27. The lowest BCUT2D eigenvalue weighted by molar-refractivity contribution is 0.0932. The molecule has 1 aliphatic rings. The van der Waals surface area contributed by atoms with Gasteiger partial charge in [0, 0.05) is 18.0 Å². The highest BCUT2D eigenvalue weighted by atomic mass is 19.1. The second kappa shape index (κ2) is 4.96. The summed E-state index contributed by atoms with van der Waals surface area (Å²) in [5, 5.41) is 2.75. The van der Waals surface area contributed by atoms with Gasteiger partial charge in [-0.25, -0.2) is 4.39 Å². The molecule has 0 saturated carbocycles. The molecule has 1 unspecified atom stereocenters. The number of amides is 1. The largest absolute Gasteiger partial charge is 0.496 e. The van der Waals surface area contributed by atoms with Crippen molar-refractivity contribution in [3.05, 3.63) is 29.1 Å². The number of ether oxygens (including phenoxy) is 1. The predicted molar refractivity (Wildman–Crippen MR) is 67.5 cm³/mol. The van der Waals surface area contributed by atoms with Gasteiger partial charge in [-0.15, -0.1) is 0 Å². The van der Waals surface area contributed by atoms with E-state index in [0.717, 1.165) is 12.0 Å². The lowest BCUT2D eigenvalue weighted by atomic mass is 9.84. The fourth-order valence-corrected chi connectivity index (χ4v) is 2.56. The van der Waals surface area contributed by atoms with Crippen molar-refractivity contribution in [3.63, 3.8) is 0 Å². The zero-order valence-corrected chi connectivity index (χ0v) is 10.9. The highest BCUT2D eigenvalue weighted by Gasteiger charge is 2.31. The van der Waals surface area contributed by atoms with Crippen LogP contribution in [0.25, 0.3) is 0 Å². The number of rotatable bonds is 3. The van der Waals surface area contributed by atoms with Crippen molar-refractivity contribution in [2.45, 2.75) is 26.2 Å². The molecule has 0 spiro atoms. The topological polar surface area (TPSA) is 38.3 Å². The second-order valence-electron chi connectivity index (χ2n) is 5.07. The molecule has 1 aromatic rings. The van der Waals surface area contributed by atoms with E-state index in [1.165, 1.54) is 6.07 Å². The van der Waals surface area contributed by atoms with Gasteiger partial charge in [-0.3, -0.25) is 4.79 Å². The van der Waals surface area contributed by atoms with Gasteiger partial charge in [0.05, 0.1) is 12.7 Å². The summed E-state index contributed by atoms with van der Waals surface area (Å²) in [5.41, 5.74) is 0.862. The van der Waals surface area contributed by atoms with Gasteiger partial charge >= 0.3 is 0 Å². The molecule has 3 nitrogen and oxygen atoms in total. The summed E-state index contributed by atoms with van der Waals surface area (Å²) in [7, 11) is 1.55. The van der Waals surface area contributed by atoms with Crippen molar-refractivity contribution in [2.75, 3.05) is 13.7 Å². The molecule has 1 aromatic carbocycles. The fourth-order valence-electron chi connectivity index (χ4n) is 2.56. The van der Waals surface area contributed by atoms with Crippen molar-refractivity contribution < 1.29 is 13.9 Å². The number of fused-ring (bicyclic) bond motifs is 1. The molecule has 1 aliphatic heterocycles. The molecule has 18 heavy (non-hydrogen) atoms. The van der Waals surface area contributed by atoms with E-state index in [0.29, 0.717) is 18.2 Å². The van der Waals surface area contributed by atoms with Crippen molar-refractivity contribution in [1.29, 1.82) is 0 Å². The van der Waals surface area contributed by atoms with Crippen molar-refractivity contribution in [2.24, 2.45) is 5.92 Å². The molecule has 98 valence electrons. The van der Waals surface area contributed by atoms with E-state index in [1.54, 1.807) is 13.2 Å². The van der Waals surface area contributed by atoms with Crippen molar-refractivity contribution in [3.8, 4) is 5.75 Å². The molecule has 0 bridgehead atoms. The molecule has 2 rings (SSSR count). The second-order valence-corrected chi connectivity index (χ2v) is 5.07. The Kier molecular flexibility index (Phi) is 3.55. The van der Waals surface area contributed by atoms with E-state index in [9.17, 15) is 9.18 Å². The molecule has 0 radical (unpaired) electrons. The lowest BCUT2D eigenvalue weighted by Gasteiger charge is -2.28. The monoisotopic (exact) mass is 251 g/mol. The van der Waals surface area contributed by atoms with E-state index >= 15 is 0 Å². The van der Waals surface area contributed by atoms with E-state index in [2.05, 4.69) is 19.2 Å². The molecule has 0 saturated heterocycles. The first-order chi connectivity index (χ1) is 8.54. The van der Waals surface area contributed by atoms with Crippen molar-refractivity contribution >= 4 is 5.91 Å². The maximum atomic E-state index is 13.8. The Balaban J connectivity index is 2.53. The summed E-state index contributed by atoms with van der Waals surface area (Å²) in [6, 6.07) is 2.88. The standard InChI is InChI=1S/C14H18FNO2/c1-8(2)6-9-7-16-14(17)13-10(15)4-5-11(18-3)12(9)13/h4-5,8-9H,6-7H2,1-3H3,(H,16,17). The van der Waals surface area contributed by atoms with Gasteiger partial charge in [0.25, 0.3) is 5.91 Å². The summed E-state index contributed by atoms with van der Waals surface area (Å²) in [6.07, 6.45) is 0.896. The van der Waals surface area contributed by atoms with Crippen LogP contribution >= 0.6 is 0 Å². The highest BCUT2D eigenvalue weighted by Crippen LogP contribution is 2.37. The summed E-state index contributed by atoms with van der Waals surface area (Å²) < 4.78 is 19.1. The Morgan fingerprint density at radius 3 is 2.83 bits per heavy atom. The average molecular weight is 251 g/mol. The Bertz CT molecular complexity index is 471. The van der Waals surface area contributed by atoms with E-state index in [4.69, 9.17) is 4.74 Å². The third kappa shape index (κ3) is 2.19. The van der Waals surface area contributed by atoms with Crippen LogP contribution in [0, 0.1) is 11.7 Å². The minimum atomic E-state index is -0.475. The molecule has 4 heteroatoms. The predicted octanol–water partition coefficient (Wildman–Crippen LogP) is 2.71. The number of hydrogen-bond acceptors (Lipinski definition) is 2. The third-order valence-electron chi connectivity index (χ3n) is 3.27. The van der Waals surface area contributed by atoms with Gasteiger partial charge in [-0.05, 0) is 24.5 Å². The molecule has 0 aromatic heterocycles. The van der Waals surface area contributed by atoms with Crippen LogP contribution < -0.4 is 10.1 Å². The molecular formula is C14H18FNO2. The number of hydrogen-bond donors (Lipinski definition) is 1. The first-order valence-electron chi connectivity index (χ1n) is 6.19. The number of carbonyl (C=O) groups excluding carboxylic acids is 1. The van der Waals surface area contributed by atoms with Crippen LogP contribution in [0.4, 0.5) is 4.39 Å². The molecule has 0 fully saturated rings. The zero-order valence-electron chi connectivity index (χ0n) is 10.9. The zero-order chi connectivity index (χ0) is 13.3. The summed E-state index contributed by atoms with van der Waals surface area (Å²) in [5.74, 6) is 0.374. The molecule has 1 N–H and O–H groups in total. The van der Waals surface area contributed by atoms with Crippen LogP contribution in [-0.2, 0) is 0 Å². The molecule has 1 atom stereocenters. The maximum Gasteiger partial charge on any atom is 0.254 e. The quantitative estimate of drug-likeness (QED) is 0.897. The smallest absolute Gasteiger partial charge is 0.254 e. The summed E-state index contributed by atoms with van der Waals surface area (Å²) in [4.78, 5) is 11.8. The van der Waals surface area contributed by atoms with Gasteiger partial charge < -0.3 is 10.1 Å². The van der Waals surface area contributed by atoms with Crippen LogP contribution in [0.1, 0.15) is 42.1 Å². The van der Waals surface area contributed by atoms with Crippen LogP contribution in [0.5, 0.6) is 5.75 Å². The molecule has 1 heterocycles. The minimum absolute atomic E-state index is 0.114. The lowest BCUT2D eigenvalue weighted by Crippen LogP contribution is -2.36. The van der Waals surface area contributed by atoms with Crippen LogP contribution in [0.15, 0.2) is 12.1 Å². The van der Waals surface area contributed by atoms with E-state index in [1.807, 2.05) is 0 Å². The number of halogens is 1. The normalized spacial score (nSPS) is 18.5. The maximum absolute atomic E-state index is 13.8. The van der Waals surface area contributed by atoms with Gasteiger partial charge in [-0.2, -0.15) is 0 Å². The Morgan fingerprint density at radius 2 is 2.22 bits per heavy atom. The van der Waals surface area contributed by atoms with Gasteiger partial charge in [0.1, 0.15) is 11.6 Å². The Labute approximate surface area is 106 Å². The average Bonchev–Trinajstić information content (AvgIpc) is 2.32. The molecular weight excluding hydrogens is 233 g/mol. The van der Waals surface area contributed by atoms with E-state index < -0.39 is 5.82 Å². The number of carbonyl (C=O) groups is 1. The van der Waals surface area contributed by atoms with Crippen LogP contribution in [0.3, 0.4) is 0 Å². The van der Waals surface area contributed by atoms with Gasteiger partial charge in [0.15, 0.2) is 0 Å². The number of methoxy groups -OCH3 is 1. The van der Waals surface area contributed by atoms with Crippen LogP contribution in [0.2, 0.25) is 0 Å². The first kappa shape index (κ1) is 12.9. The van der Waals surface area contributed by atoms with E-state index in [-0.39, 0.29) is 17.4 Å². The van der Waals surface area contributed by atoms with Crippen LogP contribution in [-0.4, -0.2) is 19.6 Å². The Morgan fingerprint density at radius 1 is 1.50 bits per heavy atom. The number of nitrogens with one attached hydrogen (secondary N) is 1. The fraction of sp³-hybridized carbons (Fsp3) is 0.500. The SMILES string of the molecule is COc1ccc(F)c2c1C(CC(C)C)CNC2=O. The first-order valence-corrected chi connectivity index (χ1v) is 6.19. The number of benzene rings is 1. The summed E-state index contributed by atoms with van der Waals surface area (Å²) >= 11 is 0. The minimum Gasteiger partial charge on any atom is -0.496 e. The molecule has 1 amide bonds.